The smallest absolute Gasteiger partial charge is 0.362 e. The molecule has 0 spiro atoms. The van der Waals surface area contributed by atoms with Crippen LogP contribution >= 0.6 is 11.6 Å². The van der Waals surface area contributed by atoms with Gasteiger partial charge >= 0.3 is 5.97 Å². The molecule has 0 aliphatic carbocycles. The van der Waals surface area contributed by atoms with Gasteiger partial charge in [0.05, 0.1) is 17.7 Å². The van der Waals surface area contributed by atoms with Crippen LogP contribution in [0, 0.1) is 5.82 Å². The second-order valence-electron chi connectivity index (χ2n) is 2.90. The molecule has 0 heterocycles. The minimum Gasteiger partial charge on any atom is -0.464 e. The number of nitrogens with zero attached hydrogens (tertiary/aromatic N) is 1. The minimum absolute atomic E-state index is 0.139. The van der Waals surface area contributed by atoms with Crippen LogP contribution in [0.15, 0.2) is 23.3 Å². The molecule has 0 aromatic heterocycles. The van der Waals surface area contributed by atoms with Gasteiger partial charge in [-0.05, 0) is 12.1 Å². The van der Waals surface area contributed by atoms with Gasteiger partial charge in [0.1, 0.15) is 5.82 Å². The summed E-state index contributed by atoms with van der Waals surface area (Å²) in [5.41, 5.74) is -1.19. The molecule has 90 valence electrons. The van der Waals surface area contributed by atoms with E-state index < -0.39 is 28.8 Å². The molecule has 0 saturated heterocycles. The fourth-order valence-electron chi connectivity index (χ4n) is 1.13. The van der Waals surface area contributed by atoms with Gasteiger partial charge in [-0.15, -0.1) is 0 Å². The molecular weight excluding hydrogens is 251 g/mol. The van der Waals surface area contributed by atoms with Crippen molar-refractivity contribution in [3.63, 3.8) is 0 Å². The molecule has 0 radical (unpaired) electrons. The Morgan fingerprint density at radius 1 is 1.47 bits per heavy atom. The largest absolute Gasteiger partial charge is 0.464 e. The third-order valence-corrected chi connectivity index (χ3v) is 2.23. The van der Waals surface area contributed by atoms with Crippen molar-refractivity contribution in [3.8, 4) is 0 Å². The lowest BCUT2D eigenvalue weighted by atomic mass is 10.1. The van der Waals surface area contributed by atoms with E-state index in [4.69, 9.17) is 17.4 Å². The van der Waals surface area contributed by atoms with Gasteiger partial charge in [0.2, 0.25) is 11.5 Å². The highest BCUT2D eigenvalue weighted by atomic mass is 35.5. The number of esters is 1. The zero-order valence-electron chi connectivity index (χ0n) is 8.74. The molecule has 1 rings (SSSR count). The normalized spacial score (nSPS) is 11.1. The summed E-state index contributed by atoms with van der Waals surface area (Å²) in [7, 11) is 1.05. The van der Waals surface area contributed by atoms with Crippen LogP contribution in [0.2, 0.25) is 5.02 Å². The molecule has 0 atom stereocenters. The first-order chi connectivity index (χ1) is 8.02. The number of carbonyl (C=O) groups excluding carboxylic acids is 2. The number of hydrazone groups is 1. The fourth-order valence-corrected chi connectivity index (χ4v) is 1.38. The van der Waals surface area contributed by atoms with E-state index in [1.165, 1.54) is 12.1 Å². The Balaban J connectivity index is 3.25. The second-order valence-corrected chi connectivity index (χ2v) is 3.30. The first kappa shape index (κ1) is 13.1. The van der Waals surface area contributed by atoms with Crippen LogP contribution in [0.4, 0.5) is 4.39 Å². The van der Waals surface area contributed by atoms with E-state index in [0.29, 0.717) is 0 Å². The first-order valence-electron chi connectivity index (χ1n) is 4.37. The van der Waals surface area contributed by atoms with Crippen LogP contribution in [0.5, 0.6) is 0 Å². The van der Waals surface area contributed by atoms with Crippen molar-refractivity contribution in [2.24, 2.45) is 10.9 Å². The average Bonchev–Trinajstić information content (AvgIpc) is 2.29. The van der Waals surface area contributed by atoms with Crippen LogP contribution in [0.1, 0.15) is 10.4 Å². The van der Waals surface area contributed by atoms with Crippen molar-refractivity contribution in [2.45, 2.75) is 0 Å². The van der Waals surface area contributed by atoms with E-state index >= 15 is 0 Å². The van der Waals surface area contributed by atoms with E-state index in [-0.39, 0.29) is 5.02 Å². The summed E-state index contributed by atoms with van der Waals surface area (Å²) in [6.45, 7) is 0. The highest BCUT2D eigenvalue weighted by molar-refractivity contribution is 6.68. The molecule has 0 aliphatic heterocycles. The number of nitrogens with two attached hydrogens (primary N) is 1. The Bertz CT molecular complexity index is 482. The summed E-state index contributed by atoms with van der Waals surface area (Å²) in [4.78, 5) is 22.9. The number of Topliss-reactive ketones (excluding diaryl/α,β-unsaturated/α-hetero) is 1. The van der Waals surface area contributed by atoms with E-state index in [2.05, 4.69) is 9.84 Å². The maximum atomic E-state index is 13.4. The first-order valence-corrected chi connectivity index (χ1v) is 4.75. The summed E-state index contributed by atoms with van der Waals surface area (Å²) < 4.78 is 17.7. The molecule has 17 heavy (non-hydrogen) atoms. The number of methoxy groups -OCH3 is 1. The van der Waals surface area contributed by atoms with Crippen molar-refractivity contribution >= 4 is 29.1 Å². The molecule has 2 N–H and O–H groups in total. The van der Waals surface area contributed by atoms with Gasteiger partial charge in [-0.1, -0.05) is 17.7 Å². The maximum Gasteiger partial charge on any atom is 0.362 e. The predicted octanol–water partition coefficient (Wildman–Crippen LogP) is 1.15. The van der Waals surface area contributed by atoms with Crippen LogP contribution in [-0.4, -0.2) is 24.6 Å². The van der Waals surface area contributed by atoms with Crippen molar-refractivity contribution in [2.75, 3.05) is 7.11 Å². The molecule has 0 unspecified atom stereocenters. The molecule has 5 nitrogen and oxygen atoms in total. The van der Waals surface area contributed by atoms with Crippen molar-refractivity contribution in [1.29, 1.82) is 0 Å². The van der Waals surface area contributed by atoms with Crippen molar-refractivity contribution < 1.29 is 18.7 Å². The number of rotatable bonds is 3. The van der Waals surface area contributed by atoms with Gasteiger partial charge < -0.3 is 10.6 Å². The Labute approximate surface area is 101 Å². The zero-order valence-corrected chi connectivity index (χ0v) is 9.49. The number of benzene rings is 1. The van der Waals surface area contributed by atoms with E-state index in [1.54, 1.807) is 0 Å². The molecule has 0 amide bonds. The van der Waals surface area contributed by atoms with Crippen LogP contribution in [-0.2, 0) is 9.53 Å². The zero-order chi connectivity index (χ0) is 13.0. The highest BCUT2D eigenvalue weighted by Gasteiger charge is 2.27. The topological polar surface area (TPSA) is 81.8 Å². The van der Waals surface area contributed by atoms with Gasteiger partial charge in [-0.2, -0.15) is 5.10 Å². The summed E-state index contributed by atoms with van der Waals surface area (Å²) in [6.07, 6.45) is 0. The van der Waals surface area contributed by atoms with Gasteiger partial charge in [0.15, 0.2) is 0 Å². The predicted molar refractivity (Wildman–Crippen MR) is 59.4 cm³/mol. The van der Waals surface area contributed by atoms with Gasteiger partial charge in [0.25, 0.3) is 0 Å². The van der Waals surface area contributed by atoms with Crippen LogP contribution in [0.25, 0.3) is 0 Å². The minimum atomic E-state index is -1.06. The monoisotopic (exact) mass is 258 g/mol. The summed E-state index contributed by atoms with van der Waals surface area (Å²) in [5, 5.41) is 2.85. The highest BCUT2D eigenvalue weighted by Crippen LogP contribution is 2.20. The van der Waals surface area contributed by atoms with Crippen molar-refractivity contribution in [1.82, 2.24) is 0 Å². The van der Waals surface area contributed by atoms with Gasteiger partial charge in [-0.25, -0.2) is 9.18 Å². The van der Waals surface area contributed by atoms with Crippen molar-refractivity contribution in [3.05, 3.63) is 34.6 Å². The molecule has 0 aliphatic rings. The number of carbonyl (C=O) groups is 2. The van der Waals surface area contributed by atoms with E-state index in [0.717, 1.165) is 13.2 Å². The quantitative estimate of drug-likeness (QED) is 0.220. The number of ketones is 1. The Morgan fingerprint density at radius 3 is 2.59 bits per heavy atom. The SMILES string of the molecule is COC(=O)/C(=N\N)C(=O)c1c(F)cccc1Cl. The molecule has 0 saturated carbocycles. The molecule has 0 fully saturated rings. The standard InChI is InChI=1S/C10H8ClFN2O3/c1-17-10(16)8(14-13)9(15)7-5(11)3-2-4-6(7)12/h2-4H,13H2,1H3/b14-8-. The average molecular weight is 259 g/mol. The molecule has 1 aromatic carbocycles. The number of ether oxygens (including phenoxy) is 1. The Kier molecular flexibility index (Phi) is 4.17. The van der Waals surface area contributed by atoms with E-state index in [1.807, 2.05) is 0 Å². The van der Waals surface area contributed by atoms with E-state index in [9.17, 15) is 14.0 Å². The molecule has 0 bridgehead atoms. The van der Waals surface area contributed by atoms with Gasteiger partial charge in [-0.3, -0.25) is 4.79 Å². The van der Waals surface area contributed by atoms with Crippen LogP contribution in [0.3, 0.4) is 0 Å². The lowest BCUT2D eigenvalue weighted by molar-refractivity contribution is -0.132. The number of hydrogen-bond acceptors (Lipinski definition) is 5. The number of halogens is 2. The molecular formula is C10H8ClFN2O3. The van der Waals surface area contributed by atoms with Crippen LogP contribution < -0.4 is 5.84 Å². The second kappa shape index (κ2) is 5.40. The lowest BCUT2D eigenvalue weighted by Crippen LogP contribution is -2.28. The summed E-state index contributed by atoms with van der Waals surface area (Å²) >= 11 is 5.66. The third-order valence-electron chi connectivity index (χ3n) is 1.91. The summed E-state index contributed by atoms with van der Waals surface area (Å²) in [5.74, 6) is 1.94. The van der Waals surface area contributed by atoms with Gasteiger partial charge in [0, 0.05) is 0 Å². The third kappa shape index (κ3) is 2.59. The molecule has 7 heteroatoms. The Hall–Kier alpha value is -1.95. The number of hydrogen-bond donors (Lipinski definition) is 1. The Morgan fingerprint density at radius 2 is 2.12 bits per heavy atom. The summed E-state index contributed by atoms with van der Waals surface area (Å²) in [6, 6.07) is 3.67. The fraction of sp³-hybridized carbons (Fsp3) is 0.100. The lowest BCUT2D eigenvalue weighted by Gasteiger charge is -2.05. The molecule has 1 aromatic rings. The maximum absolute atomic E-state index is 13.4.